The molecule has 2 fully saturated rings. The molecule has 4 rings (SSSR count). The molecule has 2 bridgehead atoms. The van der Waals surface area contributed by atoms with Gasteiger partial charge in [-0.2, -0.15) is 0 Å². The number of rotatable bonds is 6. The summed E-state index contributed by atoms with van der Waals surface area (Å²) in [6.45, 7) is 7.42. The molecule has 1 N–H and O–H groups in total. The number of amides is 2. The molecular weight excluding hydrogens is 388 g/mol. The van der Waals surface area contributed by atoms with Crippen LogP contribution in [-0.4, -0.2) is 39.7 Å². The molecule has 0 radical (unpaired) electrons. The Morgan fingerprint density at radius 2 is 1.90 bits per heavy atom. The Bertz CT molecular complexity index is 946. The van der Waals surface area contributed by atoms with Crippen LogP contribution in [0.2, 0.25) is 0 Å². The van der Waals surface area contributed by atoms with E-state index in [-0.39, 0.29) is 17.2 Å². The van der Waals surface area contributed by atoms with Gasteiger partial charge in [-0.1, -0.05) is 26.8 Å². The fourth-order valence-corrected chi connectivity index (χ4v) is 6.50. The zero-order valence-corrected chi connectivity index (χ0v) is 19.4. The van der Waals surface area contributed by atoms with Gasteiger partial charge in [-0.15, -0.1) is 0 Å². The van der Waals surface area contributed by atoms with Crippen LogP contribution in [-0.2, 0) is 4.79 Å². The number of anilines is 1. The van der Waals surface area contributed by atoms with Crippen LogP contribution in [0.3, 0.4) is 0 Å². The van der Waals surface area contributed by atoms with E-state index < -0.39 is 0 Å². The smallest absolute Gasteiger partial charge is 0.273 e. The van der Waals surface area contributed by atoms with E-state index in [9.17, 15) is 9.59 Å². The number of aromatic nitrogens is 2. The fraction of sp³-hybridized carbons (Fsp3) is 0.640. The molecule has 0 aromatic carbocycles. The summed E-state index contributed by atoms with van der Waals surface area (Å²) in [4.78, 5) is 32.0. The molecule has 2 unspecified atom stereocenters. The summed E-state index contributed by atoms with van der Waals surface area (Å²) >= 11 is 0. The molecule has 2 aliphatic rings. The molecule has 31 heavy (non-hydrogen) atoms. The van der Waals surface area contributed by atoms with Crippen molar-refractivity contribution in [3.05, 3.63) is 30.1 Å². The summed E-state index contributed by atoms with van der Waals surface area (Å²) in [7, 11) is 1.79. The van der Waals surface area contributed by atoms with E-state index in [0.29, 0.717) is 42.0 Å². The third kappa shape index (κ3) is 4.63. The molecule has 2 atom stereocenters. The maximum atomic E-state index is 13.1. The Kier molecular flexibility index (Phi) is 6.09. The highest BCUT2D eigenvalue weighted by molar-refractivity contribution is 5.94. The first kappa shape index (κ1) is 21.8. The minimum absolute atomic E-state index is 0.0686. The normalized spacial score (nSPS) is 27.8. The Hall–Kier alpha value is -2.37. The van der Waals surface area contributed by atoms with Gasteiger partial charge < -0.3 is 10.2 Å². The maximum Gasteiger partial charge on any atom is 0.273 e. The lowest BCUT2D eigenvalue weighted by Gasteiger charge is -2.49. The first-order valence-corrected chi connectivity index (χ1v) is 11.8. The van der Waals surface area contributed by atoms with Crippen molar-refractivity contribution in [3.8, 4) is 0 Å². The van der Waals surface area contributed by atoms with Crippen molar-refractivity contribution in [1.29, 1.82) is 0 Å². The summed E-state index contributed by atoms with van der Waals surface area (Å²) in [5.41, 5.74) is 1.21. The number of hydrogen-bond donors (Lipinski definition) is 1. The van der Waals surface area contributed by atoms with Crippen LogP contribution in [0.1, 0.15) is 76.2 Å². The predicted molar refractivity (Wildman–Crippen MR) is 123 cm³/mol. The number of pyridine rings is 1. The van der Waals surface area contributed by atoms with Crippen molar-refractivity contribution in [3.63, 3.8) is 0 Å². The topological polar surface area (TPSA) is 66.7 Å². The summed E-state index contributed by atoms with van der Waals surface area (Å²) in [5.74, 6) is 2.81. The Morgan fingerprint density at radius 1 is 1.19 bits per heavy atom. The van der Waals surface area contributed by atoms with Crippen molar-refractivity contribution in [2.75, 3.05) is 18.9 Å². The minimum Gasteiger partial charge on any atom is -0.340 e. The van der Waals surface area contributed by atoms with Crippen LogP contribution in [0.15, 0.2) is 24.4 Å². The van der Waals surface area contributed by atoms with Gasteiger partial charge in [0.25, 0.3) is 5.91 Å². The van der Waals surface area contributed by atoms with Crippen molar-refractivity contribution < 1.29 is 9.59 Å². The molecule has 2 aromatic rings. The average Bonchev–Trinajstić information content (AvgIpc) is 3.11. The van der Waals surface area contributed by atoms with E-state index in [1.165, 1.54) is 19.3 Å². The average molecular weight is 425 g/mol. The predicted octanol–water partition coefficient (Wildman–Crippen LogP) is 5.00. The van der Waals surface area contributed by atoms with Gasteiger partial charge in [0.1, 0.15) is 17.2 Å². The van der Waals surface area contributed by atoms with Crippen molar-refractivity contribution in [2.45, 2.75) is 65.7 Å². The van der Waals surface area contributed by atoms with Crippen LogP contribution in [0.4, 0.5) is 5.82 Å². The second-order valence-corrected chi connectivity index (χ2v) is 10.4. The lowest BCUT2D eigenvalue weighted by Crippen LogP contribution is -2.41. The quantitative estimate of drug-likeness (QED) is 0.710. The number of nitrogens with zero attached hydrogens (tertiary/aromatic N) is 3. The lowest BCUT2D eigenvalue weighted by atomic mass is 9.55. The molecule has 6 nitrogen and oxygen atoms in total. The van der Waals surface area contributed by atoms with Crippen LogP contribution in [0.5, 0.6) is 0 Å². The lowest BCUT2D eigenvalue weighted by molar-refractivity contribution is -0.121. The minimum atomic E-state index is -0.0971. The van der Waals surface area contributed by atoms with E-state index in [4.69, 9.17) is 0 Å². The zero-order valence-electron chi connectivity index (χ0n) is 19.4. The monoisotopic (exact) mass is 424 g/mol. The largest absolute Gasteiger partial charge is 0.340 e. The molecule has 2 heterocycles. The van der Waals surface area contributed by atoms with Crippen LogP contribution >= 0.6 is 0 Å². The third-order valence-electron chi connectivity index (χ3n) is 7.18. The molecule has 0 aliphatic heterocycles. The van der Waals surface area contributed by atoms with Crippen molar-refractivity contribution >= 4 is 23.3 Å². The highest BCUT2D eigenvalue weighted by Gasteiger charge is 2.45. The Labute approximate surface area is 185 Å². The SMILES string of the molecule is CCCN(C)C(=O)c1cn2c(NC(=O)CC34CC(C)CC(CC(C)C3)C4)cccc2n1. The number of hydrogen-bond acceptors (Lipinski definition) is 3. The van der Waals surface area contributed by atoms with Gasteiger partial charge in [-0.3, -0.25) is 14.0 Å². The van der Waals surface area contributed by atoms with E-state index >= 15 is 0 Å². The zero-order chi connectivity index (χ0) is 22.2. The standard InChI is InChI=1S/C25H36N4O2/c1-5-9-28(4)24(31)20-16-29-21(26-20)7-6-8-22(29)27-23(30)15-25-12-17(2)10-19(14-25)11-18(3)13-25/h6-8,16-19H,5,9-15H2,1-4H3,(H,27,30). The van der Waals surface area contributed by atoms with Crippen LogP contribution in [0.25, 0.3) is 5.65 Å². The molecule has 2 aromatic heterocycles. The number of fused-ring (bicyclic) bond motifs is 3. The van der Waals surface area contributed by atoms with Gasteiger partial charge in [0.05, 0.1) is 0 Å². The van der Waals surface area contributed by atoms with Gasteiger partial charge >= 0.3 is 0 Å². The number of carbonyl (C=O) groups excluding carboxylic acids is 2. The molecular formula is C25H36N4O2. The van der Waals surface area contributed by atoms with Gasteiger partial charge in [0.2, 0.25) is 5.91 Å². The van der Waals surface area contributed by atoms with E-state index in [1.54, 1.807) is 18.1 Å². The van der Waals surface area contributed by atoms with E-state index in [0.717, 1.165) is 25.2 Å². The van der Waals surface area contributed by atoms with Gasteiger partial charge in [-0.05, 0) is 73.8 Å². The molecule has 2 aliphatic carbocycles. The van der Waals surface area contributed by atoms with Crippen molar-refractivity contribution in [1.82, 2.24) is 14.3 Å². The van der Waals surface area contributed by atoms with Crippen LogP contribution < -0.4 is 5.32 Å². The van der Waals surface area contributed by atoms with Gasteiger partial charge in [-0.25, -0.2) is 4.98 Å². The van der Waals surface area contributed by atoms with Gasteiger partial charge in [0.15, 0.2) is 0 Å². The molecule has 168 valence electrons. The van der Waals surface area contributed by atoms with Crippen LogP contribution in [0, 0.1) is 23.2 Å². The number of carbonyl (C=O) groups is 2. The Balaban J connectivity index is 1.52. The summed E-state index contributed by atoms with van der Waals surface area (Å²) in [5, 5.41) is 3.13. The summed E-state index contributed by atoms with van der Waals surface area (Å²) in [6.07, 6.45) is 9.32. The third-order valence-corrected chi connectivity index (χ3v) is 7.18. The maximum absolute atomic E-state index is 13.1. The summed E-state index contributed by atoms with van der Waals surface area (Å²) < 4.78 is 1.82. The Morgan fingerprint density at radius 3 is 2.58 bits per heavy atom. The number of imidazole rings is 1. The second kappa shape index (κ2) is 8.64. The molecule has 0 saturated heterocycles. The molecule has 2 saturated carbocycles. The van der Waals surface area contributed by atoms with E-state index in [1.807, 2.05) is 29.5 Å². The second-order valence-electron chi connectivity index (χ2n) is 10.4. The molecule has 2 amide bonds. The fourth-order valence-electron chi connectivity index (χ4n) is 6.50. The highest BCUT2D eigenvalue weighted by atomic mass is 16.2. The summed E-state index contributed by atoms with van der Waals surface area (Å²) in [6, 6.07) is 5.62. The van der Waals surface area contributed by atoms with E-state index in [2.05, 4.69) is 24.1 Å². The number of nitrogens with one attached hydrogen (secondary N) is 1. The highest BCUT2D eigenvalue weighted by Crippen LogP contribution is 2.54. The van der Waals surface area contributed by atoms with Crippen molar-refractivity contribution in [2.24, 2.45) is 23.2 Å². The first-order chi connectivity index (χ1) is 14.8. The molecule has 0 spiro atoms. The molecule has 6 heteroatoms. The van der Waals surface area contributed by atoms with Gasteiger partial charge in [0, 0.05) is 26.2 Å². The first-order valence-electron chi connectivity index (χ1n) is 11.8.